The molecule has 2 N–H and O–H groups in total. The highest BCUT2D eigenvalue weighted by Gasteiger charge is 2.19. The van der Waals surface area contributed by atoms with Crippen LogP contribution in [-0.2, 0) is 0 Å². The fraction of sp³-hybridized carbons (Fsp3) is 0.933. The van der Waals surface area contributed by atoms with Gasteiger partial charge in [-0.2, -0.15) is 5.26 Å². The lowest BCUT2D eigenvalue weighted by Gasteiger charge is -2.32. The van der Waals surface area contributed by atoms with Gasteiger partial charge in [0, 0.05) is 6.54 Å². The minimum absolute atomic E-state index is 0.149. The molecule has 1 rings (SSSR count). The van der Waals surface area contributed by atoms with E-state index in [4.69, 9.17) is 11.0 Å². The third-order valence-electron chi connectivity index (χ3n) is 4.01. The Balaban J connectivity index is 2.14. The van der Waals surface area contributed by atoms with Crippen molar-refractivity contribution in [1.29, 1.82) is 5.26 Å². The maximum absolute atomic E-state index is 8.96. The van der Waals surface area contributed by atoms with Crippen LogP contribution in [0.5, 0.6) is 0 Å². The zero-order chi connectivity index (χ0) is 13.4. The Kier molecular flexibility index (Phi) is 6.67. The van der Waals surface area contributed by atoms with Gasteiger partial charge in [0.05, 0.1) is 11.5 Å². The topological polar surface area (TPSA) is 53.0 Å². The number of likely N-dealkylation sites (tertiary alicyclic amines) is 1. The van der Waals surface area contributed by atoms with Crippen LogP contribution in [0.15, 0.2) is 0 Å². The van der Waals surface area contributed by atoms with Gasteiger partial charge in [-0.05, 0) is 71.5 Å². The van der Waals surface area contributed by atoms with Crippen LogP contribution in [0.25, 0.3) is 0 Å². The number of piperidine rings is 1. The van der Waals surface area contributed by atoms with Crippen LogP contribution in [0.1, 0.15) is 52.4 Å². The minimum atomic E-state index is -0.149. The first-order valence-corrected chi connectivity index (χ1v) is 7.41. The molecule has 1 unspecified atom stereocenters. The molecule has 0 aromatic heterocycles. The van der Waals surface area contributed by atoms with Gasteiger partial charge in [-0.3, -0.25) is 0 Å². The Morgan fingerprint density at radius 2 is 2.17 bits per heavy atom. The molecule has 0 amide bonds. The van der Waals surface area contributed by atoms with Gasteiger partial charge in [0.15, 0.2) is 0 Å². The summed E-state index contributed by atoms with van der Waals surface area (Å²) in [5.74, 6) is 0.819. The largest absolute Gasteiger partial charge is 0.330 e. The van der Waals surface area contributed by atoms with E-state index in [1.165, 1.54) is 51.7 Å². The summed E-state index contributed by atoms with van der Waals surface area (Å²) in [6, 6.07) is 2.38. The summed E-state index contributed by atoms with van der Waals surface area (Å²) >= 11 is 0. The molecule has 0 aromatic rings. The number of rotatable bonds is 7. The monoisotopic (exact) mass is 251 g/mol. The average molecular weight is 251 g/mol. The van der Waals surface area contributed by atoms with Crippen LogP contribution in [0.4, 0.5) is 0 Å². The zero-order valence-electron chi connectivity index (χ0n) is 12.1. The second-order valence-electron chi connectivity index (χ2n) is 6.34. The Labute approximate surface area is 112 Å². The summed E-state index contributed by atoms with van der Waals surface area (Å²) in [7, 11) is 0. The molecule has 0 aliphatic carbocycles. The molecule has 18 heavy (non-hydrogen) atoms. The number of hydrogen-bond acceptors (Lipinski definition) is 3. The molecule has 0 radical (unpaired) electrons. The van der Waals surface area contributed by atoms with Crippen molar-refractivity contribution in [2.24, 2.45) is 17.1 Å². The van der Waals surface area contributed by atoms with E-state index in [1.807, 2.05) is 13.8 Å². The van der Waals surface area contributed by atoms with E-state index in [2.05, 4.69) is 11.0 Å². The lowest BCUT2D eigenvalue weighted by atomic mass is 9.89. The summed E-state index contributed by atoms with van der Waals surface area (Å²) in [6.45, 7) is 8.58. The predicted molar refractivity (Wildman–Crippen MR) is 76.1 cm³/mol. The Morgan fingerprint density at radius 3 is 2.83 bits per heavy atom. The molecule has 1 saturated heterocycles. The van der Waals surface area contributed by atoms with Gasteiger partial charge in [0.2, 0.25) is 0 Å². The van der Waals surface area contributed by atoms with Crippen LogP contribution < -0.4 is 5.73 Å². The standard InChI is InChI=1S/C15H29N3/c1-15(2,13-17)8-3-4-10-18-11-5-6-14(12-18)7-9-16/h14H,3-12,16H2,1-2H3. The number of nitrogens with zero attached hydrogens (tertiary/aromatic N) is 2. The number of nitrogens with two attached hydrogens (primary N) is 1. The molecule has 0 saturated carbocycles. The van der Waals surface area contributed by atoms with E-state index in [9.17, 15) is 0 Å². The summed E-state index contributed by atoms with van der Waals surface area (Å²) in [6.07, 6.45) is 7.27. The van der Waals surface area contributed by atoms with Crippen molar-refractivity contribution < 1.29 is 0 Å². The van der Waals surface area contributed by atoms with Gasteiger partial charge in [0.25, 0.3) is 0 Å². The highest BCUT2D eigenvalue weighted by atomic mass is 15.1. The molecule has 0 spiro atoms. The van der Waals surface area contributed by atoms with Gasteiger partial charge >= 0.3 is 0 Å². The molecular formula is C15H29N3. The van der Waals surface area contributed by atoms with E-state index in [0.29, 0.717) is 0 Å². The first-order valence-electron chi connectivity index (χ1n) is 7.41. The quantitative estimate of drug-likeness (QED) is 0.708. The molecule has 0 bridgehead atoms. The van der Waals surface area contributed by atoms with Crippen molar-refractivity contribution in [1.82, 2.24) is 4.90 Å². The highest BCUT2D eigenvalue weighted by molar-refractivity contribution is 4.91. The van der Waals surface area contributed by atoms with Crippen LogP contribution >= 0.6 is 0 Å². The van der Waals surface area contributed by atoms with Gasteiger partial charge in [-0.25, -0.2) is 0 Å². The van der Waals surface area contributed by atoms with Gasteiger partial charge < -0.3 is 10.6 Å². The summed E-state index contributed by atoms with van der Waals surface area (Å²) in [5.41, 5.74) is 5.49. The number of nitriles is 1. The van der Waals surface area contributed by atoms with Crippen molar-refractivity contribution in [3.05, 3.63) is 0 Å². The Hall–Kier alpha value is -0.590. The van der Waals surface area contributed by atoms with Gasteiger partial charge in [-0.1, -0.05) is 6.42 Å². The van der Waals surface area contributed by atoms with Gasteiger partial charge in [-0.15, -0.1) is 0 Å². The Morgan fingerprint density at radius 1 is 1.39 bits per heavy atom. The second-order valence-corrected chi connectivity index (χ2v) is 6.34. The summed E-state index contributed by atoms with van der Waals surface area (Å²) in [4.78, 5) is 2.59. The third-order valence-corrected chi connectivity index (χ3v) is 4.01. The van der Waals surface area contributed by atoms with Crippen molar-refractivity contribution in [3.8, 4) is 6.07 Å². The molecule has 0 aromatic carbocycles. The first kappa shape index (κ1) is 15.5. The van der Waals surface area contributed by atoms with E-state index in [-0.39, 0.29) is 5.41 Å². The second kappa shape index (κ2) is 7.76. The first-order chi connectivity index (χ1) is 8.57. The molecular weight excluding hydrogens is 222 g/mol. The molecule has 104 valence electrons. The summed E-state index contributed by atoms with van der Waals surface area (Å²) in [5, 5.41) is 8.96. The van der Waals surface area contributed by atoms with Crippen molar-refractivity contribution >= 4 is 0 Å². The maximum Gasteiger partial charge on any atom is 0.0683 e. The third kappa shape index (κ3) is 5.84. The molecule has 1 atom stereocenters. The van der Waals surface area contributed by atoms with Crippen LogP contribution in [0.2, 0.25) is 0 Å². The van der Waals surface area contributed by atoms with E-state index >= 15 is 0 Å². The van der Waals surface area contributed by atoms with Crippen molar-refractivity contribution in [2.45, 2.75) is 52.4 Å². The fourth-order valence-electron chi connectivity index (χ4n) is 2.78. The van der Waals surface area contributed by atoms with E-state index in [0.717, 1.165) is 18.9 Å². The number of unbranched alkanes of at least 4 members (excludes halogenated alkanes) is 1. The van der Waals surface area contributed by atoms with E-state index in [1.54, 1.807) is 0 Å². The lowest BCUT2D eigenvalue weighted by Crippen LogP contribution is -2.36. The SMILES string of the molecule is CC(C)(C#N)CCCCN1CCCC(CCN)C1. The normalized spacial score (nSPS) is 21.8. The lowest BCUT2D eigenvalue weighted by molar-refractivity contribution is 0.166. The number of hydrogen-bond donors (Lipinski definition) is 1. The Bertz CT molecular complexity index is 265. The van der Waals surface area contributed by atoms with Crippen LogP contribution in [0.3, 0.4) is 0 Å². The molecule has 1 heterocycles. The summed E-state index contributed by atoms with van der Waals surface area (Å²) < 4.78 is 0. The zero-order valence-corrected chi connectivity index (χ0v) is 12.1. The maximum atomic E-state index is 8.96. The van der Waals surface area contributed by atoms with Crippen LogP contribution in [-0.4, -0.2) is 31.1 Å². The molecule has 1 fully saturated rings. The molecule has 1 aliphatic rings. The van der Waals surface area contributed by atoms with Gasteiger partial charge in [0.1, 0.15) is 0 Å². The van der Waals surface area contributed by atoms with Crippen molar-refractivity contribution in [3.63, 3.8) is 0 Å². The highest BCUT2D eigenvalue weighted by Crippen LogP contribution is 2.23. The van der Waals surface area contributed by atoms with Crippen LogP contribution in [0, 0.1) is 22.7 Å². The molecule has 1 aliphatic heterocycles. The fourth-order valence-corrected chi connectivity index (χ4v) is 2.78. The average Bonchev–Trinajstić information content (AvgIpc) is 2.36. The van der Waals surface area contributed by atoms with Crippen molar-refractivity contribution in [2.75, 3.05) is 26.2 Å². The minimum Gasteiger partial charge on any atom is -0.330 e. The predicted octanol–water partition coefficient (Wildman–Crippen LogP) is 2.77. The van der Waals surface area contributed by atoms with E-state index < -0.39 is 0 Å². The smallest absolute Gasteiger partial charge is 0.0683 e. The molecule has 3 nitrogen and oxygen atoms in total. The molecule has 3 heteroatoms.